The summed E-state index contributed by atoms with van der Waals surface area (Å²) in [5.41, 5.74) is 7.87. The van der Waals surface area contributed by atoms with Gasteiger partial charge in [0.05, 0.1) is 0 Å². The van der Waals surface area contributed by atoms with Crippen molar-refractivity contribution in [1.82, 2.24) is 0 Å². The van der Waals surface area contributed by atoms with E-state index in [-0.39, 0.29) is 0 Å². The molecule has 0 spiro atoms. The Balaban J connectivity index is 2.50. The van der Waals surface area contributed by atoms with Crippen LogP contribution in [0.4, 0.5) is 5.69 Å². The zero-order chi connectivity index (χ0) is 15.5. The van der Waals surface area contributed by atoms with Gasteiger partial charge in [0.25, 0.3) is 0 Å². The van der Waals surface area contributed by atoms with E-state index >= 15 is 0 Å². The lowest BCUT2D eigenvalue weighted by atomic mass is 10.1. The lowest BCUT2D eigenvalue weighted by molar-refractivity contribution is 0.131. The van der Waals surface area contributed by atoms with Crippen molar-refractivity contribution in [3.05, 3.63) is 23.8 Å². The van der Waals surface area contributed by atoms with Gasteiger partial charge >= 0.3 is 0 Å². The molecule has 3 nitrogen and oxygen atoms in total. The van der Waals surface area contributed by atoms with Crippen LogP contribution in [0.5, 0.6) is 0 Å². The molecule has 0 aromatic heterocycles. The summed E-state index contributed by atoms with van der Waals surface area (Å²) >= 11 is 6.97. The van der Waals surface area contributed by atoms with Crippen molar-refractivity contribution in [1.29, 1.82) is 0 Å². The Bertz CT molecular complexity index is 438. The summed E-state index contributed by atoms with van der Waals surface area (Å²) in [7, 11) is 0. The standard InChI is InChI=1S/C16H26N2OS2/c1-3-5-11-19-12-7-10-18-13-8-6-9-14(21-4-2)15(13)16(17)20/h6,8-9,18H,3-5,7,10-12H2,1-2H3,(H2,17,20). The molecule has 0 aliphatic rings. The summed E-state index contributed by atoms with van der Waals surface area (Å²) in [4.78, 5) is 1.60. The second kappa shape index (κ2) is 10.9. The first-order chi connectivity index (χ1) is 10.2. The van der Waals surface area contributed by atoms with E-state index in [0.29, 0.717) is 4.99 Å². The smallest absolute Gasteiger partial charge is 0.107 e. The van der Waals surface area contributed by atoms with Gasteiger partial charge in [-0.3, -0.25) is 0 Å². The third-order valence-corrected chi connectivity index (χ3v) is 4.14. The van der Waals surface area contributed by atoms with Crippen LogP contribution in [0.15, 0.2) is 23.1 Å². The molecule has 0 heterocycles. The predicted octanol–water partition coefficient (Wildman–Crippen LogP) is 4.05. The molecule has 0 atom stereocenters. The molecule has 0 amide bonds. The number of thioether (sulfide) groups is 1. The van der Waals surface area contributed by atoms with Crippen molar-refractivity contribution < 1.29 is 4.74 Å². The van der Waals surface area contributed by atoms with E-state index in [0.717, 1.165) is 54.5 Å². The van der Waals surface area contributed by atoms with Gasteiger partial charge in [0, 0.05) is 35.9 Å². The molecule has 0 aliphatic heterocycles. The van der Waals surface area contributed by atoms with Gasteiger partial charge in [-0.2, -0.15) is 0 Å². The fourth-order valence-electron chi connectivity index (χ4n) is 1.95. The zero-order valence-electron chi connectivity index (χ0n) is 13.0. The average molecular weight is 327 g/mol. The second-order valence-electron chi connectivity index (χ2n) is 4.72. The molecule has 5 heteroatoms. The van der Waals surface area contributed by atoms with E-state index in [2.05, 4.69) is 25.2 Å². The Morgan fingerprint density at radius 1 is 1.29 bits per heavy atom. The number of anilines is 1. The first kappa shape index (κ1) is 18.3. The summed E-state index contributed by atoms with van der Waals surface area (Å²) in [5.74, 6) is 1.00. The maximum Gasteiger partial charge on any atom is 0.107 e. The van der Waals surface area contributed by atoms with Crippen molar-refractivity contribution in [3.63, 3.8) is 0 Å². The van der Waals surface area contributed by atoms with Crippen LogP contribution >= 0.6 is 24.0 Å². The number of nitrogens with one attached hydrogen (secondary N) is 1. The summed E-state index contributed by atoms with van der Waals surface area (Å²) in [6, 6.07) is 6.15. The lowest BCUT2D eigenvalue weighted by Crippen LogP contribution is -2.15. The molecule has 0 aliphatic carbocycles. The Hall–Kier alpha value is -0.780. The molecule has 0 saturated heterocycles. The SMILES string of the molecule is CCCCOCCCNc1cccc(SCC)c1C(N)=S. The second-order valence-corrected chi connectivity index (χ2v) is 6.47. The number of ether oxygens (including phenoxy) is 1. The predicted molar refractivity (Wildman–Crippen MR) is 97.6 cm³/mol. The fraction of sp³-hybridized carbons (Fsp3) is 0.562. The van der Waals surface area contributed by atoms with Crippen LogP contribution in [0.25, 0.3) is 0 Å². The van der Waals surface area contributed by atoms with Gasteiger partial charge in [-0.05, 0) is 30.7 Å². The highest BCUT2D eigenvalue weighted by molar-refractivity contribution is 7.99. The molecular formula is C16H26N2OS2. The Morgan fingerprint density at radius 3 is 2.71 bits per heavy atom. The van der Waals surface area contributed by atoms with Crippen LogP contribution in [-0.4, -0.2) is 30.5 Å². The Labute approximate surface area is 138 Å². The van der Waals surface area contributed by atoms with E-state index in [1.807, 2.05) is 12.1 Å². The van der Waals surface area contributed by atoms with Crippen LogP contribution < -0.4 is 11.1 Å². The normalized spacial score (nSPS) is 10.6. The van der Waals surface area contributed by atoms with Crippen LogP contribution in [0.1, 0.15) is 38.7 Å². The number of hydrogen-bond donors (Lipinski definition) is 2. The molecule has 0 radical (unpaired) electrons. The first-order valence-electron chi connectivity index (χ1n) is 7.57. The molecule has 118 valence electrons. The highest BCUT2D eigenvalue weighted by Crippen LogP contribution is 2.28. The maximum atomic E-state index is 5.88. The highest BCUT2D eigenvalue weighted by atomic mass is 32.2. The monoisotopic (exact) mass is 326 g/mol. The molecule has 1 aromatic carbocycles. The molecule has 0 fully saturated rings. The highest BCUT2D eigenvalue weighted by Gasteiger charge is 2.10. The minimum Gasteiger partial charge on any atom is -0.389 e. The van der Waals surface area contributed by atoms with Gasteiger partial charge < -0.3 is 15.8 Å². The first-order valence-corrected chi connectivity index (χ1v) is 8.97. The van der Waals surface area contributed by atoms with E-state index < -0.39 is 0 Å². The quantitative estimate of drug-likeness (QED) is 0.365. The lowest BCUT2D eigenvalue weighted by Gasteiger charge is -2.14. The van der Waals surface area contributed by atoms with Crippen LogP contribution in [-0.2, 0) is 4.74 Å². The number of nitrogens with two attached hydrogens (primary N) is 1. The third kappa shape index (κ3) is 6.68. The van der Waals surface area contributed by atoms with Gasteiger partial charge in [0.15, 0.2) is 0 Å². The van der Waals surface area contributed by atoms with E-state index in [1.165, 1.54) is 6.42 Å². The molecule has 21 heavy (non-hydrogen) atoms. The molecule has 3 N–H and O–H groups in total. The van der Waals surface area contributed by atoms with Gasteiger partial charge in [0.1, 0.15) is 4.99 Å². The van der Waals surface area contributed by atoms with Gasteiger partial charge in [-0.1, -0.05) is 38.6 Å². The average Bonchev–Trinajstić information content (AvgIpc) is 2.46. The summed E-state index contributed by atoms with van der Waals surface area (Å²) < 4.78 is 5.56. The van der Waals surface area contributed by atoms with Crippen molar-refractivity contribution in [3.8, 4) is 0 Å². The van der Waals surface area contributed by atoms with E-state index in [1.54, 1.807) is 11.8 Å². The van der Waals surface area contributed by atoms with Gasteiger partial charge in [-0.15, -0.1) is 11.8 Å². The summed E-state index contributed by atoms with van der Waals surface area (Å²) in [6.45, 7) is 6.81. The minimum absolute atomic E-state index is 0.452. The third-order valence-electron chi connectivity index (χ3n) is 3.00. The minimum atomic E-state index is 0.452. The van der Waals surface area contributed by atoms with Crippen molar-refractivity contribution in [2.24, 2.45) is 5.73 Å². The van der Waals surface area contributed by atoms with E-state index in [4.69, 9.17) is 22.7 Å². The largest absolute Gasteiger partial charge is 0.389 e. The molecule has 0 bridgehead atoms. The molecule has 0 unspecified atom stereocenters. The van der Waals surface area contributed by atoms with Crippen LogP contribution in [0.3, 0.4) is 0 Å². The molecule has 0 saturated carbocycles. The Kier molecular flexibility index (Phi) is 9.46. The van der Waals surface area contributed by atoms with Crippen molar-refractivity contribution >= 4 is 34.7 Å². The fourth-order valence-corrected chi connectivity index (χ4v) is 3.09. The maximum absolute atomic E-state index is 5.88. The van der Waals surface area contributed by atoms with E-state index in [9.17, 15) is 0 Å². The number of unbranched alkanes of at least 4 members (excludes halogenated alkanes) is 1. The molecule has 1 rings (SSSR count). The zero-order valence-corrected chi connectivity index (χ0v) is 14.6. The van der Waals surface area contributed by atoms with Crippen molar-refractivity contribution in [2.45, 2.75) is 38.0 Å². The number of benzene rings is 1. The van der Waals surface area contributed by atoms with Gasteiger partial charge in [-0.25, -0.2) is 0 Å². The topological polar surface area (TPSA) is 47.3 Å². The van der Waals surface area contributed by atoms with Crippen LogP contribution in [0, 0.1) is 0 Å². The van der Waals surface area contributed by atoms with Gasteiger partial charge in [0.2, 0.25) is 0 Å². The number of rotatable bonds is 11. The number of thiocarbonyl (C=S) groups is 1. The Morgan fingerprint density at radius 2 is 2.05 bits per heavy atom. The van der Waals surface area contributed by atoms with Crippen molar-refractivity contribution in [2.75, 3.05) is 30.8 Å². The summed E-state index contributed by atoms with van der Waals surface area (Å²) in [5, 5.41) is 3.42. The van der Waals surface area contributed by atoms with Crippen LogP contribution in [0.2, 0.25) is 0 Å². The summed E-state index contributed by atoms with van der Waals surface area (Å²) in [6.07, 6.45) is 3.29. The molecule has 1 aromatic rings. The number of hydrogen-bond acceptors (Lipinski definition) is 4. The molecular weight excluding hydrogens is 300 g/mol.